The zero-order chi connectivity index (χ0) is 23.7. The first kappa shape index (κ1) is 26.2. The lowest BCUT2D eigenvalue weighted by Crippen LogP contribution is -2.51. The Kier molecular flexibility index (Phi) is 10.5. The van der Waals surface area contributed by atoms with Crippen LogP contribution < -0.4 is 5.32 Å². The van der Waals surface area contributed by atoms with Crippen LogP contribution in [0.3, 0.4) is 0 Å². The summed E-state index contributed by atoms with van der Waals surface area (Å²) in [7, 11) is 0. The Hall–Kier alpha value is -2.05. The van der Waals surface area contributed by atoms with Crippen molar-refractivity contribution < 1.29 is 14.0 Å². The quantitative estimate of drug-likeness (QED) is 0.447. The Labute approximate surface area is 199 Å². The number of rotatable bonds is 11. The predicted molar refractivity (Wildman–Crippen MR) is 131 cm³/mol. The number of carbonyl (C=O) groups excluding carboxylic acids is 2. The van der Waals surface area contributed by atoms with E-state index in [9.17, 15) is 14.0 Å². The number of nitrogens with one attached hydrogen (secondary N) is 1. The van der Waals surface area contributed by atoms with Gasteiger partial charge in [0.05, 0.1) is 5.75 Å². The van der Waals surface area contributed by atoms with Crippen molar-refractivity contribution in [2.45, 2.75) is 64.9 Å². The fourth-order valence-corrected chi connectivity index (χ4v) is 4.49. The Morgan fingerprint density at radius 1 is 1.12 bits per heavy atom. The van der Waals surface area contributed by atoms with Crippen LogP contribution in [0.5, 0.6) is 0 Å². The second-order valence-electron chi connectivity index (χ2n) is 7.94. The normalized spacial score (nSPS) is 12.8. The van der Waals surface area contributed by atoms with Crippen LogP contribution in [-0.2, 0) is 21.9 Å². The highest BCUT2D eigenvalue weighted by Crippen LogP contribution is 2.24. The lowest BCUT2D eigenvalue weighted by atomic mass is 10.1. The number of hydrogen-bond acceptors (Lipinski definition) is 3. The summed E-state index contributed by atoms with van der Waals surface area (Å²) in [4.78, 5) is 27.8. The van der Waals surface area contributed by atoms with Gasteiger partial charge < -0.3 is 10.2 Å². The van der Waals surface area contributed by atoms with E-state index in [-0.39, 0.29) is 35.2 Å². The molecule has 0 aliphatic rings. The molecule has 0 fully saturated rings. The van der Waals surface area contributed by atoms with Gasteiger partial charge in [-0.2, -0.15) is 0 Å². The molecular weight excluding hydrogens is 447 g/mol. The van der Waals surface area contributed by atoms with Crippen LogP contribution in [-0.4, -0.2) is 34.6 Å². The number of nitrogens with zero attached hydrogens (tertiary/aromatic N) is 1. The maximum atomic E-state index is 14.1. The van der Waals surface area contributed by atoms with Crippen molar-refractivity contribution in [3.63, 3.8) is 0 Å². The van der Waals surface area contributed by atoms with Crippen molar-refractivity contribution in [2.75, 3.05) is 5.75 Å². The summed E-state index contributed by atoms with van der Waals surface area (Å²) in [5.74, 6) is -0.276. The molecule has 0 spiro atoms. The van der Waals surface area contributed by atoms with Gasteiger partial charge in [0, 0.05) is 28.9 Å². The third-order valence-corrected chi connectivity index (χ3v) is 6.69. The third-order valence-electron chi connectivity index (χ3n) is 5.39. The average molecular weight is 479 g/mol. The van der Waals surface area contributed by atoms with Crippen molar-refractivity contribution in [3.05, 3.63) is 70.0 Å². The second-order valence-corrected chi connectivity index (χ2v) is 9.33. The van der Waals surface area contributed by atoms with Gasteiger partial charge in [-0.15, -0.1) is 11.8 Å². The van der Waals surface area contributed by atoms with Gasteiger partial charge in [-0.25, -0.2) is 4.39 Å². The molecule has 0 aliphatic heterocycles. The minimum Gasteiger partial charge on any atom is -0.352 e. The maximum absolute atomic E-state index is 14.1. The van der Waals surface area contributed by atoms with E-state index >= 15 is 0 Å². The van der Waals surface area contributed by atoms with Crippen LogP contribution in [0.2, 0.25) is 5.02 Å². The Balaban J connectivity index is 2.16. The maximum Gasteiger partial charge on any atom is 0.243 e. The van der Waals surface area contributed by atoms with Crippen LogP contribution in [0, 0.1) is 12.7 Å². The number of aryl methyl sites for hydroxylation is 1. The molecule has 2 aromatic rings. The molecule has 0 aromatic heterocycles. The molecule has 1 N–H and O–H groups in total. The fraction of sp³-hybridized carbons (Fsp3) is 0.440. The van der Waals surface area contributed by atoms with Crippen LogP contribution in [0.25, 0.3) is 0 Å². The molecule has 2 atom stereocenters. The van der Waals surface area contributed by atoms with Gasteiger partial charge in [-0.05, 0) is 44.4 Å². The first-order valence-corrected chi connectivity index (χ1v) is 12.5. The van der Waals surface area contributed by atoms with Gasteiger partial charge in [-0.3, -0.25) is 9.59 Å². The Bertz CT molecular complexity index is 887. The lowest BCUT2D eigenvalue weighted by molar-refractivity contribution is -0.139. The molecule has 32 heavy (non-hydrogen) atoms. The van der Waals surface area contributed by atoms with Crippen LogP contribution in [0.1, 0.15) is 50.3 Å². The molecule has 0 aliphatic carbocycles. The number of carbonyl (C=O) groups is 2. The number of halogens is 2. The predicted octanol–water partition coefficient (Wildman–Crippen LogP) is 5.74. The van der Waals surface area contributed by atoms with E-state index in [1.807, 2.05) is 52.0 Å². The largest absolute Gasteiger partial charge is 0.352 e. The van der Waals surface area contributed by atoms with Gasteiger partial charge in [0.15, 0.2) is 0 Å². The highest BCUT2D eigenvalue weighted by Gasteiger charge is 2.29. The van der Waals surface area contributed by atoms with Crippen LogP contribution in [0.15, 0.2) is 42.5 Å². The minimum absolute atomic E-state index is 0.0328. The first-order valence-electron chi connectivity index (χ1n) is 10.9. The van der Waals surface area contributed by atoms with E-state index in [2.05, 4.69) is 5.32 Å². The van der Waals surface area contributed by atoms with E-state index in [1.165, 1.54) is 17.8 Å². The summed E-state index contributed by atoms with van der Waals surface area (Å²) in [6.45, 7) is 8.21. The van der Waals surface area contributed by atoms with Crippen LogP contribution >= 0.6 is 23.4 Å². The molecule has 2 aromatic carbocycles. The zero-order valence-electron chi connectivity index (χ0n) is 19.2. The molecule has 2 amide bonds. The molecule has 7 heteroatoms. The van der Waals surface area contributed by atoms with Crippen molar-refractivity contribution in [3.8, 4) is 0 Å². The molecule has 0 radical (unpaired) electrons. The smallest absolute Gasteiger partial charge is 0.243 e. The fourth-order valence-electron chi connectivity index (χ4n) is 3.24. The number of hydrogen-bond donors (Lipinski definition) is 1. The van der Waals surface area contributed by atoms with Crippen molar-refractivity contribution in [2.24, 2.45) is 0 Å². The summed E-state index contributed by atoms with van der Waals surface area (Å²) in [5, 5.41) is 3.35. The second kappa shape index (κ2) is 12.9. The van der Waals surface area contributed by atoms with Gasteiger partial charge in [0.25, 0.3) is 0 Å². The van der Waals surface area contributed by atoms with E-state index in [0.717, 1.165) is 17.5 Å². The molecule has 0 heterocycles. The highest BCUT2D eigenvalue weighted by molar-refractivity contribution is 7.99. The summed E-state index contributed by atoms with van der Waals surface area (Å²) in [5.41, 5.74) is 2.48. The molecule has 2 rings (SSSR count). The molecule has 174 valence electrons. The Morgan fingerprint density at radius 3 is 2.41 bits per heavy atom. The lowest BCUT2D eigenvalue weighted by Gasteiger charge is -2.31. The topological polar surface area (TPSA) is 49.4 Å². The van der Waals surface area contributed by atoms with Gasteiger partial charge >= 0.3 is 0 Å². The molecule has 0 unspecified atom stereocenters. The van der Waals surface area contributed by atoms with Gasteiger partial charge in [0.2, 0.25) is 11.8 Å². The summed E-state index contributed by atoms with van der Waals surface area (Å²) in [6.07, 6.45) is 1.32. The number of benzene rings is 2. The molecule has 0 saturated heterocycles. The molecule has 4 nitrogen and oxygen atoms in total. The summed E-state index contributed by atoms with van der Waals surface area (Å²) < 4.78 is 14.1. The first-order chi connectivity index (χ1) is 15.3. The standard InChI is InChI=1S/C25H32ClFN2O2S/c1-5-18(4)28-25(31)23(6-2)29(14-19-12-10-17(3)11-13-19)24(30)16-32-15-20-21(26)8-7-9-22(20)27/h7-13,18,23H,5-6,14-16H2,1-4H3,(H,28,31)/t18-,23-/m0/s1. The number of amides is 2. The Morgan fingerprint density at radius 2 is 1.81 bits per heavy atom. The summed E-state index contributed by atoms with van der Waals surface area (Å²) >= 11 is 7.40. The summed E-state index contributed by atoms with van der Waals surface area (Å²) in [6, 6.07) is 11.9. The minimum atomic E-state index is -0.574. The SMILES string of the molecule is CC[C@H](C)NC(=O)[C@H](CC)N(Cc1ccc(C)cc1)C(=O)CSCc1c(F)cccc1Cl. The van der Waals surface area contributed by atoms with E-state index in [4.69, 9.17) is 11.6 Å². The molecule has 0 saturated carbocycles. The van der Waals surface area contributed by atoms with Crippen molar-refractivity contribution in [1.82, 2.24) is 10.2 Å². The van der Waals surface area contributed by atoms with Gasteiger partial charge in [0.1, 0.15) is 11.9 Å². The molecular formula is C25H32ClFN2O2S. The third kappa shape index (κ3) is 7.52. The zero-order valence-corrected chi connectivity index (χ0v) is 20.7. The van der Waals surface area contributed by atoms with Crippen molar-refractivity contribution in [1.29, 1.82) is 0 Å². The van der Waals surface area contributed by atoms with E-state index in [1.54, 1.807) is 17.0 Å². The number of thioether (sulfide) groups is 1. The van der Waals surface area contributed by atoms with E-state index in [0.29, 0.717) is 23.6 Å². The van der Waals surface area contributed by atoms with Crippen LogP contribution in [0.4, 0.5) is 4.39 Å². The molecule has 0 bridgehead atoms. The van der Waals surface area contributed by atoms with Gasteiger partial charge in [-0.1, -0.05) is 61.3 Å². The van der Waals surface area contributed by atoms with Crippen molar-refractivity contribution >= 4 is 35.2 Å². The highest BCUT2D eigenvalue weighted by atomic mass is 35.5. The average Bonchev–Trinajstić information content (AvgIpc) is 2.76. The monoisotopic (exact) mass is 478 g/mol. The van der Waals surface area contributed by atoms with E-state index < -0.39 is 6.04 Å².